The number of hydrogen-bond acceptors (Lipinski definition) is 3. The molecule has 0 saturated heterocycles. The first-order valence-electron chi connectivity index (χ1n) is 9.73. The zero-order valence-electron chi connectivity index (χ0n) is 15.7. The molecule has 1 aliphatic rings. The smallest absolute Gasteiger partial charge is 0.251 e. The highest BCUT2D eigenvalue weighted by Crippen LogP contribution is 2.46. The Balaban J connectivity index is 1.60. The van der Waals surface area contributed by atoms with Gasteiger partial charge in [0.15, 0.2) is 0 Å². The summed E-state index contributed by atoms with van der Waals surface area (Å²) in [5.74, 6) is 1.33. The molecule has 27 heavy (non-hydrogen) atoms. The molecule has 4 heteroatoms. The van der Waals surface area contributed by atoms with E-state index >= 15 is 0 Å². The molecule has 4 nitrogen and oxygen atoms in total. The summed E-state index contributed by atoms with van der Waals surface area (Å²) in [6.45, 7) is 2.57. The van der Waals surface area contributed by atoms with Crippen LogP contribution in [0.4, 0.5) is 0 Å². The van der Waals surface area contributed by atoms with Gasteiger partial charge in [0.1, 0.15) is 5.75 Å². The van der Waals surface area contributed by atoms with Crippen molar-refractivity contribution in [2.75, 3.05) is 6.61 Å². The molecule has 0 amide bonds. The van der Waals surface area contributed by atoms with Gasteiger partial charge < -0.3 is 15.5 Å². The molecule has 140 valence electrons. The molecule has 0 radical (unpaired) electrons. The fourth-order valence-electron chi connectivity index (χ4n) is 3.84. The van der Waals surface area contributed by atoms with E-state index in [1.54, 1.807) is 0 Å². The van der Waals surface area contributed by atoms with Gasteiger partial charge in [0.2, 0.25) is 0 Å². The Kier molecular flexibility index (Phi) is 4.75. The first-order valence-corrected chi connectivity index (χ1v) is 9.73. The highest BCUT2D eigenvalue weighted by Gasteiger charge is 2.43. The summed E-state index contributed by atoms with van der Waals surface area (Å²) in [5.41, 5.74) is 9.21. The number of benzene rings is 2. The number of H-pyrrole nitrogens is 1. The van der Waals surface area contributed by atoms with Crippen LogP contribution in [0.15, 0.2) is 59.4 Å². The van der Waals surface area contributed by atoms with Crippen LogP contribution in [-0.4, -0.2) is 11.6 Å². The van der Waals surface area contributed by atoms with Crippen molar-refractivity contribution in [3.63, 3.8) is 0 Å². The maximum absolute atomic E-state index is 12.2. The van der Waals surface area contributed by atoms with Crippen molar-refractivity contribution in [1.29, 1.82) is 0 Å². The van der Waals surface area contributed by atoms with Gasteiger partial charge >= 0.3 is 0 Å². The van der Waals surface area contributed by atoms with Gasteiger partial charge in [0.05, 0.1) is 6.61 Å². The second-order valence-electron chi connectivity index (χ2n) is 7.51. The number of rotatable bonds is 7. The number of aromatic nitrogens is 1. The average molecular weight is 362 g/mol. The highest BCUT2D eigenvalue weighted by molar-refractivity contribution is 5.80. The molecule has 1 aromatic heterocycles. The molecule has 3 N–H and O–H groups in total. The molecule has 0 bridgehead atoms. The van der Waals surface area contributed by atoms with Crippen LogP contribution in [0, 0.1) is 5.92 Å². The lowest BCUT2D eigenvalue weighted by Gasteiger charge is -2.30. The largest absolute Gasteiger partial charge is 0.494 e. The second-order valence-corrected chi connectivity index (χ2v) is 7.51. The number of fused-ring (bicyclic) bond motifs is 1. The number of nitrogens with two attached hydrogens (primary N) is 1. The first-order chi connectivity index (χ1) is 13.1. The van der Waals surface area contributed by atoms with Crippen molar-refractivity contribution in [3.05, 3.63) is 76.1 Å². The number of hydrogen-bond donors (Lipinski definition) is 2. The monoisotopic (exact) mass is 362 g/mol. The third-order valence-corrected chi connectivity index (χ3v) is 5.67. The Morgan fingerprint density at radius 2 is 1.93 bits per heavy atom. The van der Waals surface area contributed by atoms with Crippen molar-refractivity contribution >= 4 is 10.9 Å². The summed E-state index contributed by atoms with van der Waals surface area (Å²) < 4.78 is 5.90. The lowest BCUT2D eigenvalue weighted by molar-refractivity contribution is 0.240. The Hall–Kier alpha value is -2.59. The molecule has 0 aliphatic heterocycles. The Labute approximate surface area is 159 Å². The number of ether oxygens (including phenoxy) is 1. The topological polar surface area (TPSA) is 68.1 Å². The number of para-hydroxylation sites is 1. The summed E-state index contributed by atoms with van der Waals surface area (Å²) in [4.78, 5) is 15.2. The standard InChI is InChI=1S/C23H26N2O2/c1-2-16-14-17-8-9-19(15-21(17)25-22(16)26)23(24,18-10-11-18)12-13-27-20-6-4-3-5-7-20/h3-9,14-15,18H,2,10-13,24H2,1H3,(H,25,26). The zero-order valence-corrected chi connectivity index (χ0v) is 15.7. The molecule has 2 aromatic carbocycles. The first kappa shape index (κ1) is 17.8. The zero-order chi connectivity index (χ0) is 18.9. The Morgan fingerprint density at radius 1 is 1.15 bits per heavy atom. The minimum atomic E-state index is -0.427. The normalized spacial score (nSPS) is 16.2. The van der Waals surface area contributed by atoms with Gasteiger partial charge in [-0.1, -0.05) is 37.3 Å². The number of aryl methyl sites for hydroxylation is 1. The summed E-state index contributed by atoms with van der Waals surface area (Å²) in [7, 11) is 0. The minimum absolute atomic E-state index is 0.0106. The van der Waals surface area contributed by atoms with Crippen molar-refractivity contribution in [2.24, 2.45) is 11.7 Å². The van der Waals surface area contributed by atoms with Crippen LogP contribution in [0.5, 0.6) is 5.75 Å². The molecule has 1 fully saturated rings. The molecule has 3 aromatic rings. The molecule has 1 heterocycles. The van der Waals surface area contributed by atoms with Crippen LogP contribution in [-0.2, 0) is 12.0 Å². The van der Waals surface area contributed by atoms with E-state index in [1.165, 1.54) is 0 Å². The van der Waals surface area contributed by atoms with E-state index < -0.39 is 5.54 Å². The summed E-state index contributed by atoms with van der Waals surface area (Å²) in [6.07, 6.45) is 3.76. The molecule has 1 saturated carbocycles. The highest BCUT2D eigenvalue weighted by atomic mass is 16.5. The van der Waals surface area contributed by atoms with Crippen molar-refractivity contribution in [2.45, 2.75) is 38.1 Å². The molecule has 1 unspecified atom stereocenters. The molecule has 1 aliphatic carbocycles. The lowest BCUT2D eigenvalue weighted by Crippen LogP contribution is -2.40. The quantitative estimate of drug-likeness (QED) is 0.664. The van der Waals surface area contributed by atoms with Crippen LogP contribution in [0.2, 0.25) is 0 Å². The Morgan fingerprint density at radius 3 is 2.63 bits per heavy atom. The van der Waals surface area contributed by atoms with E-state index in [4.69, 9.17) is 10.5 Å². The van der Waals surface area contributed by atoms with Crippen LogP contribution in [0.1, 0.15) is 37.3 Å². The average Bonchev–Trinajstić information content (AvgIpc) is 3.53. The SMILES string of the molecule is CCc1cc2ccc(C(N)(CCOc3ccccc3)C3CC3)cc2[nH]c1=O. The van der Waals surface area contributed by atoms with E-state index in [0.717, 1.165) is 53.5 Å². The van der Waals surface area contributed by atoms with E-state index in [-0.39, 0.29) is 5.56 Å². The molecule has 1 atom stereocenters. The van der Waals surface area contributed by atoms with Crippen LogP contribution < -0.4 is 16.0 Å². The van der Waals surface area contributed by atoms with Gasteiger partial charge in [-0.3, -0.25) is 4.79 Å². The minimum Gasteiger partial charge on any atom is -0.494 e. The van der Waals surface area contributed by atoms with Gasteiger partial charge in [-0.05, 0) is 60.4 Å². The Bertz CT molecular complexity index is 992. The summed E-state index contributed by atoms with van der Waals surface area (Å²) in [5, 5.41) is 1.05. The maximum atomic E-state index is 12.2. The van der Waals surface area contributed by atoms with E-state index in [1.807, 2.05) is 43.3 Å². The summed E-state index contributed by atoms with van der Waals surface area (Å²) >= 11 is 0. The third-order valence-electron chi connectivity index (χ3n) is 5.67. The molecular formula is C23H26N2O2. The van der Waals surface area contributed by atoms with E-state index in [9.17, 15) is 4.79 Å². The number of nitrogens with one attached hydrogen (secondary N) is 1. The number of aromatic amines is 1. The fourth-order valence-corrected chi connectivity index (χ4v) is 3.84. The third kappa shape index (κ3) is 3.62. The fraction of sp³-hybridized carbons (Fsp3) is 0.348. The molecule has 4 rings (SSSR count). The number of pyridine rings is 1. The van der Waals surface area contributed by atoms with Crippen molar-refractivity contribution in [1.82, 2.24) is 4.98 Å². The van der Waals surface area contributed by atoms with Crippen molar-refractivity contribution < 1.29 is 4.74 Å². The van der Waals surface area contributed by atoms with Crippen LogP contribution in [0.3, 0.4) is 0 Å². The van der Waals surface area contributed by atoms with E-state index in [2.05, 4.69) is 23.2 Å². The van der Waals surface area contributed by atoms with Gasteiger partial charge in [-0.2, -0.15) is 0 Å². The van der Waals surface area contributed by atoms with Gasteiger partial charge in [-0.25, -0.2) is 0 Å². The van der Waals surface area contributed by atoms with Crippen molar-refractivity contribution in [3.8, 4) is 5.75 Å². The molecular weight excluding hydrogens is 336 g/mol. The summed E-state index contributed by atoms with van der Waals surface area (Å²) in [6, 6.07) is 18.0. The second kappa shape index (κ2) is 7.20. The maximum Gasteiger partial charge on any atom is 0.251 e. The van der Waals surface area contributed by atoms with E-state index in [0.29, 0.717) is 12.5 Å². The van der Waals surface area contributed by atoms with Gasteiger partial charge in [0, 0.05) is 23.0 Å². The van der Waals surface area contributed by atoms with Gasteiger partial charge in [-0.15, -0.1) is 0 Å². The van der Waals surface area contributed by atoms with Gasteiger partial charge in [0.25, 0.3) is 5.56 Å². The van der Waals surface area contributed by atoms with Crippen LogP contribution >= 0.6 is 0 Å². The predicted octanol–water partition coefficient (Wildman–Crippen LogP) is 4.12. The lowest BCUT2D eigenvalue weighted by atomic mass is 9.82. The predicted molar refractivity (Wildman–Crippen MR) is 109 cm³/mol. The van der Waals surface area contributed by atoms with Crippen LogP contribution in [0.25, 0.3) is 10.9 Å². The molecule has 0 spiro atoms.